The van der Waals surface area contributed by atoms with Crippen molar-refractivity contribution in [3.8, 4) is 5.75 Å². The molecule has 4 atom stereocenters. The van der Waals surface area contributed by atoms with Gasteiger partial charge in [0.1, 0.15) is 5.75 Å². The molecule has 4 aromatic rings. The summed E-state index contributed by atoms with van der Waals surface area (Å²) >= 11 is 0. The van der Waals surface area contributed by atoms with Crippen molar-refractivity contribution in [2.45, 2.75) is 64.4 Å². The number of phenols is 1. The van der Waals surface area contributed by atoms with E-state index in [9.17, 15) is 19.7 Å². The Morgan fingerprint density at radius 1 is 0.904 bits per heavy atom. The summed E-state index contributed by atoms with van der Waals surface area (Å²) in [7, 11) is -2.39. The van der Waals surface area contributed by atoms with Crippen LogP contribution < -0.4 is 10.4 Å². The molecule has 0 spiro atoms. The SMILES string of the molecule is C/C(=C\c1ccc(O)c2ccccc12)CC[C@H]1OB(O)C[C@H]2C1=C(CO[Si](c1ccccc1)(c1ccccc1)C(C)(C)C)C[C@H]1C(=O)N(C)C(=O)[C@H]12. The fraction of sp³-hybridized carbons (Fsp3) is 0.349. The average molecular weight is 714 g/mol. The second-order valence-electron chi connectivity index (χ2n) is 15.8. The quantitative estimate of drug-likeness (QED) is 0.114. The summed E-state index contributed by atoms with van der Waals surface area (Å²) in [5, 5.41) is 25.4. The molecule has 52 heavy (non-hydrogen) atoms. The van der Waals surface area contributed by atoms with E-state index in [4.69, 9.17) is 9.08 Å². The van der Waals surface area contributed by atoms with Gasteiger partial charge in [0.2, 0.25) is 11.8 Å². The largest absolute Gasteiger partial charge is 0.507 e. The molecule has 9 heteroatoms. The summed E-state index contributed by atoms with van der Waals surface area (Å²) in [5.41, 5.74) is 4.18. The van der Waals surface area contributed by atoms with Gasteiger partial charge >= 0.3 is 7.12 Å². The van der Waals surface area contributed by atoms with Crippen LogP contribution in [0.4, 0.5) is 0 Å². The molecule has 1 aliphatic carbocycles. The Balaban J connectivity index is 1.27. The van der Waals surface area contributed by atoms with Crippen LogP contribution in [0.5, 0.6) is 5.75 Å². The Hall–Kier alpha value is -4.28. The summed E-state index contributed by atoms with van der Waals surface area (Å²) in [5.74, 6) is -1.41. The van der Waals surface area contributed by atoms with Crippen molar-refractivity contribution in [1.82, 2.24) is 4.90 Å². The van der Waals surface area contributed by atoms with Gasteiger partial charge in [-0.3, -0.25) is 14.5 Å². The van der Waals surface area contributed by atoms with Crippen molar-refractivity contribution >= 4 is 54.5 Å². The van der Waals surface area contributed by atoms with Gasteiger partial charge in [-0.15, -0.1) is 0 Å². The maximum atomic E-state index is 13.7. The zero-order valence-corrected chi connectivity index (χ0v) is 31.7. The Morgan fingerprint density at radius 2 is 1.52 bits per heavy atom. The standard InChI is InChI=1S/C43H48BNO6Si/c1-28(24-29-21-22-37(46)34-19-13-12-18-33(29)34)20-23-38-39-30(25-35-40(36(39)26-44(49)51-38)42(48)45(5)41(35)47)27-50-52(43(2,3)4,31-14-8-6-9-15-31)32-16-10-7-11-17-32/h6-19,21-22,24,35-36,38,40,46,49H,20,23,25-27H2,1-5H3/b28-24+/t35-,36+,38-,40-/m1/s1. The molecule has 2 heterocycles. The number of benzene rings is 4. The predicted octanol–water partition coefficient (Wildman–Crippen LogP) is 6.73. The zero-order chi connectivity index (χ0) is 36.8. The fourth-order valence-corrected chi connectivity index (χ4v) is 13.7. The number of amides is 2. The highest BCUT2D eigenvalue weighted by atomic mass is 28.4. The highest BCUT2D eigenvalue weighted by Crippen LogP contribution is 2.51. The van der Waals surface area contributed by atoms with E-state index in [0.717, 1.165) is 33.1 Å². The van der Waals surface area contributed by atoms with Crippen LogP contribution in [0, 0.1) is 17.8 Å². The van der Waals surface area contributed by atoms with E-state index >= 15 is 0 Å². The maximum absolute atomic E-state index is 13.7. The monoisotopic (exact) mass is 713 g/mol. The van der Waals surface area contributed by atoms with Gasteiger partial charge in [-0.2, -0.15) is 0 Å². The van der Waals surface area contributed by atoms with E-state index in [-0.39, 0.29) is 34.8 Å². The van der Waals surface area contributed by atoms with Crippen molar-refractivity contribution < 1.29 is 28.8 Å². The molecule has 2 N–H and O–H groups in total. The Morgan fingerprint density at radius 3 is 2.15 bits per heavy atom. The molecule has 2 aliphatic heterocycles. The number of carbonyl (C=O) groups excluding carboxylic acids is 2. The summed E-state index contributed by atoms with van der Waals surface area (Å²) in [6, 6.07) is 32.5. The zero-order valence-electron chi connectivity index (χ0n) is 30.7. The number of hydrogen-bond acceptors (Lipinski definition) is 6. The predicted molar refractivity (Wildman–Crippen MR) is 210 cm³/mol. The van der Waals surface area contributed by atoms with Crippen molar-refractivity contribution in [2.75, 3.05) is 13.7 Å². The highest BCUT2D eigenvalue weighted by Gasteiger charge is 2.57. The minimum atomic E-state index is -2.92. The van der Waals surface area contributed by atoms with Gasteiger partial charge < -0.3 is 19.2 Å². The molecule has 0 bridgehead atoms. The number of aromatic hydroxyl groups is 1. The van der Waals surface area contributed by atoms with Gasteiger partial charge in [0.25, 0.3) is 8.32 Å². The Kier molecular flexibility index (Phi) is 9.91. The molecule has 7 nitrogen and oxygen atoms in total. The fourth-order valence-electron chi connectivity index (χ4n) is 9.14. The van der Waals surface area contributed by atoms with Crippen LogP contribution in [0.1, 0.15) is 52.5 Å². The second kappa shape index (κ2) is 14.3. The normalized spacial score (nSPS) is 22.6. The van der Waals surface area contributed by atoms with Crippen LogP contribution >= 0.6 is 0 Å². The van der Waals surface area contributed by atoms with Gasteiger partial charge in [0, 0.05) is 12.4 Å². The first-order valence-electron chi connectivity index (χ1n) is 18.4. The van der Waals surface area contributed by atoms with Gasteiger partial charge in [-0.25, -0.2) is 0 Å². The summed E-state index contributed by atoms with van der Waals surface area (Å²) in [4.78, 5) is 28.5. The number of imide groups is 1. The van der Waals surface area contributed by atoms with Gasteiger partial charge in [-0.1, -0.05) is 123 Å². The number of rotatable bonds is 9. The topological polar surface area (TPSA) is 96.3 Å². The molecular weight excluding hydrogens is 665 g/mol. The van der Waals surface area contributed by atoms with Crippen molar-refractivity contribution in [1.29, 1.82) is 0 Å². The third-order valence-electron chi connectivity index (χ3n) is 11.5. The lowest BCUT2D eigenvalue weighted by Crippen LogP contribution is -2.66. The molecule has 0 radical (unpaired) electrons. The summed E-state index contributed by atoms with van der Waals surface area (Å²) in [6.45, 7) is 9.14. The molecule has 0 aromatic heterocycles. The summed E-state index contributed by atoms with van der Waals surface area (Å²) in [6.07, 6.45) is 3.67. The number of phenolic OH excluding ortho intramolecular Hbond substituents is 1. The van der Waals surface area contributed by atoms with Crippen LogP contribution in [0.15, 0.2) is 114 Å². The van der Waals surface area contributed by atoms with E-state index < -0.39 is 33.4 Å². The van der Waals surface area contributed by atoms with Crippen LogP contribution in [-0.4, -0.2) is 62.0 Å². The molecule has 0 unspecified atom stereocenters. The van der Waals surface area contributed by atoms with Gasteiger partial charge in [0.15, 0.2) is 0 Å². The molecule has 2 fully saturated rings. The molecule has 268 valence electrons. The number of nitrogens with zero attached hydrogens (tertiary/aromatic N) is 1. The number of allylic oxidation sites excluding steroid dienone is 1. The summed E-state index contributed by atoms with van der Waals surface area (Å²) < 4.78 is 13.8. The molecule has 2 saturated heterocycles. The Bertz CT molecular complexity index is 2000. The van der Waals surface area contributed by atoms with Gasteiger partial charge in [0.05, 0.1) is 24.5 Å². The van der Waals surface area contributed by atoms with Crippen molar-refractivity contribution in [3.63, 3.8) is 0 Å². The third-order valence-corrected chi connectivity index (χ3v) is 16.5. The molecule has 0 saturated carbocycles. The number of likely N-dealkylation sites (tertiary alicyclic amines) is 1. The van der Waals surface area contributed by atoms with Crippen LogP contribution in [0.2, 0.25) is 11.4 Å². The molecule has 7 rings (SSSR count). The van der Waals surface area contributed by atoms with Crippen LogP contribution in [0.3, 0.4) is 0 Å². The molecule has 3 aliphatic rings. The molecular formula is C43H48BNO6Si. The molecule has 4 aromatic carbocycles. The van der Waals surface area contributed by atoms with Crippen molar-refractivity contribution in [3.05, 3.63) is 119 Å². The smallest absolute Gasteiger partial charge is 0.455 e. The lowest BCUT2D eigenvalue weighted by atomic mass is 9.58. The van der Waals surface area contributed by atoms with E-state index in [1.165, 1.54) is 15.3 Å². The lowest BCUT2D eigenvalue weighted by molar-refractivity contribution is -0.138. The van der Waals surface area contributed by atoms with E-state index in [1.807, 2.05) is 42.5 Å². The first-order valence-corrected chi connectivity index (χ1v) is 20.3. The lowest BCUT2D eigenvalue weighted by Gasteiger charge is -2.46. The minimum Gasteiger partial charge on any atom is -0.507 e. The van der Waals surface area contributed by atoms with Gasteiger partial charge in [-0.05, 0) is 82.0 Å². The average Bonchev–Trinajstić information content (AvgIpc) is 3.35. The number of carbonyl (C=O) groups is 2. The van der Waals surface area contributed by atoms with Crippen LogP contribution in [-0.2, 0) is 18.7 Å². The molecule has 2 amide bonds. The highest BCUT2D eigenvalue weighted by molar-refractivity contribution is 6.99. The third kappa shape index (κ3) is 6.38. The minimum absolute atomic E-state index is 0.158. The van der Waals surface area contributed by atoms with E-state index in [2.05, 4.69) is 82.3 Å². The first kappa shape index (κ1) is 36.1. The number of fused-ring (bicyclic) bond motifs is 4. The second-order valence-corrected chi connectivity index (χ2v) is 20.1. The Labute approximate surface area is 308 Å². The van der Waals surface area contributed by atoms with Crippen molar-refractivity contribution in [2.24, 2.45) is 17.8 Å². The van der Waals surface area contributed by atoms with E-state index in [0.29, 0.717) is 25.9 Å². The van der Waals surface area contributed by atoms with E-state index in [1.54, 1.807) is 13.1 Å². The van der Waals surface area contributed by atoms with Crippen LogP contribution in [0.25, 0.3) is 16.8 Å². The maximum Gasteiger partial charge on any atom is 0.455 e. The number of hydrogen-bond donors (Lipinski definition) is 2. The first-order chi connectivity index (χ1) is 24.9.